The van der Waals surface area contributed by atoms with Gasteiger partial charge in [-0.15, -0.1) is 0 Å². The van der Waals surface area contributed by atoms with E-state index in [0.29, 0.717) is 5.71 Å². The van der Waals surface area contributed by atoms with Gasteiger partial charge in [0.2, 0.25) is 0 Å². The van der Waals surface area contributed by atoms with Gasteiger partial charge in [0.15, 0.2) is 0 Å². The molecule has 0 aromatic heterocycles. The van der Waals surface area contributed by atoms with E-state index < -0.39 is 0 Å². The molecule has 2 nitrogen and oxygen atoms in total. The van der Waals surface area contributed by atoms with Crippen molar-refractivity contribution >= 4 is 49.9 Å². The monoisotopic (exact) mass is 728 g/mol. The van der Waals surface area contributed by atoms with Crippen molar-refractivity contribution < 1.29 is 0 Å². The number of nitrogens with one attached hydrogen (secondary N) is 1. The summed E-state index contributed by atoms with van der Waals surface area (Å²) in [6.45, 7) is 4.64. The first-order valence-electron chi connectivity index (χ1n) is 19.6. The average molecular weight is 729 g/mol. The van der Waals surface area contributed by atoms with Gasteiger partial charge in [0.05, 0.1) is 11.4 Å². The van der Waals surface area contributed by atoms with Crippen LogP contribution in [0.5, 0.6) is 0 Å². The van der Waals surface area contributed by atoms with Crippen molar-refractivity contribution in [3.8, 4) is 33.4 Å². The third kappa shape index (κ3) is 5.89. The third-order valence-corrected chi connectivity index (χ3v) is 11.8. The summed E-state index contributed by atoms with van der Waals surface area (Å²) in [5, 5.41) is 16.6. The minimum atomic E-state index is -0.0897. The molecular formula is C55H40N2. The molecule has 57 heavy (non-hydrogen) atoms. The summed E-state index contributed by atoms with van der Waals surface area (Å²) in [6.07, 6.45) is 3.88. The summed E-state index contributed by atoms with van der Waals surface area (Å²) >= 11 is 0. The van der Waals surface area contributed by atoms with Crippen LogP contribution in [0.25, 0.3) is 71.4 Å². The number of benzene rings is 9. The van der Waals surface area contributed by atoms with E-state index >= 15 is 0 Å². The zero-order valence-corrected chi connectivity index (χ0v) is 32.0. The van der Waals surface area contributed by atoms with E-state index in [4.69, 9.17) is 4.99 Å². The summed E-state index contributed by atoms with van der Waals surface area (Å²) in [5.74, 6) is 0. The number of rotatable bonds is 7. The lowest BCUT2D eigenvalue weighted by Crippen LogP contribution is -2.14. The Labute approximate surface area is 333 Å². The molecule has 0 spiro atoms. The first kappa shape index (κ1) is 34.3. The Morgan fingerprint density at radius 1 is 0.509 bits per heavy atom. The topological polar surface area (TPSA) is 36.2 Å². The summed E-state index contributed by atoms with van der Waals surface area (Å²) in [7, 11) is 0. The van der Waals surface area contributed by atoms with Crippen molar-refractivity contribution in [1.29, 1.82) is 5.41 Å². The fourth-order valence-corrected chi connectivity index (χ4v) is 8.96. The van der Waals surface area contributed by atoms with E-state index in [-0.39, 0.29) is 5.41 Å². The molecule has 0 bridgehead atoms. The molecule has 0 aliphatic heterocycles. The van der Waals surface area contributed by atoms with Crippen molar-refractivity contribution in [2.75, 3.05) is 0 Å². The van der Waals surface area contributed by atoms with Crippen LogP contribution in [0.15, 0.2) is 199 Å². The molecule has 2 heteroatoms. The zero-order valence-electron chi connectivity index (χ0n) is 32.0. The molecule has 0 radical (unpaired) electrons. The van der Waals surface area contributed by atoms with Gasteiger partial charge >= 0.3 is 0 Å². The van der Waals surface area contributed by atoms with Crippen LogP contribution in [0, 0.1) is 5.41 Å². The molecular weight excluding hydrogens is 689 g/mol. The van der Waals surface area contributed by atoms with Gasteiger partial charge in [-0.3, -0.25) is 4.99 Å². The number of hydrogen-bond donors (Lipinski definition) is 1. The van der Waals surface area contributed by atoms with E-state index in [1.165, 1.54) is 49.5 Å². The summed E-state index contributed by atoms with van der Waals surface area (Å²) < 4.78 is 0. The van der Waals surface area contributed by atoms with Crippen LogP contribution < -0.4 is 0 Å². The Balaban J connectivity index is 1.17. The van der Waals surface area contributed by atoms with Crippen molar-refractivity contribution in [2.24, 2.45) is 4.99 Å². The van der Waals surface area contributed by atoms with E-state index in [1.807, 2.05) is 36.6 Å². The maximum atomic E-state index is 9.70. The largest absolute Gasteiger partial charge is 0.300 e. The Morgan fingerprint density at radius 3 is 1.98 bits per heavy atom. The van der Waals surface area contributed by atoms with Crippen molar-refractivity contribution in [2.45, 2.75) is 19.3 Å². The van der Waals surface area contributed by atoms with Gasteiger partial charge in [-0.25, -0.2) is 0 Å². The predicted molar refractivity (Wildman–Crippen MR) is 243 cm³/mol. The van der Waals surface area contributed by atoms with Crippen LogP contribution >= 0.6 is 0 Å². The number of hydrogen-bond acceptors (Lipinski definition) is 2. The molecule has 270 valence electrons. The fraction of sp³-hybridized carbons (Fsp3) is 0.0545. The number of fused-ring (bicyclic) bond motifs is 7. The fourth-order valence-electron chi connectivity index (χ4n) is 8.96. The molecule has 0 fully saturated rings. The second kappa shape index (κ2) is 13.8. The van der Waals surface area contributed by atoms with Crippen LogP contribution in [0.1, 0.15) is 41.7 Å². The Bertz CT molecular complexity index is 3090. The lowest BCUT2D eigenvalue weighted by atomic mass is 9.81. The highest BCUT2D eigenvalue weighted by atomic mass is 14.7. The molecule has 10 rings (SSSR count). The van der Waals surface area contributed by atoms with Crippen LogP contribution in [0.4, 0.5) is 0 Å². The summed E-state index contributed by atoms with van der Waals surface area (Å²) in [4.78, 5) is 5.26. The lowest BCUT2D eigenvalue weighted by molar-refractivity contribution is 0.660. The van der Waals surface area contributed by atoms with Crippen molar-refractivity contribution in [3.63, 3.8) is 0 Å². The molecule has 1 aliphatic carbocycles. The Kier molecular flexibility index (Phi) is 8.34. The van der Waals surface area contributed by atoms with Gasteiger partial charge in [-0.1, -0.05) is 190 Å². The molecule has 0 heterocycles. The van der Waals surface area contributed by atoms with E-state index in [9.17, 15) is 5.41 Å². The highest BCUT2D eigenvalue weighted by molar-refractivity contribution is 6.27. The first-order valence-corrected chi connectivity index (χ1v) is 19.6. The first-order chi connectivity index (χ1) is 28.0. The van der Waals surface area contributed by atoms with Crippen LogP contribution in [0.2, 0.25) is 0 Å². The molecule has 0 amide bonds. The normalized spacial score (nSPS) is 13.3. The van der Waals surface area contributed by atoms with Gasteiger partial charge in [-0.2, -0.15) is 0 Å². The molecule has 9 aromatic carbocycles. The van der Waals surface area contributed by atoms with Gasteiger partial charge in [-0.05, 0) is 101 Å². The molecule has 9 aromatic rings. The SMILES string of the molecule is CC1(C)c2ccccc2-c2ccc(-c3cccc(C(=N)/C=C(\N=Cc4ccccc4)c4c5ccccc5c(-c5ccccc5)c5c4ccc4ccccc45)c3)cc21. The standard InChI is InChI=1S/C55H40N2/c1-55(2)48-27-14-13-24-43(48)44-30-29-40(33-49(44)55)39-21-15-22-41(32-39)50(56)34-51(57-35-36-16-5-3-6-17-36)53-46-26-12-11-25-45(46)52(38-19-7-4-8-20-38)54-42-23-10-9-18-37(42)28-31-47(53)54/h3-35,56H,1-2H3/b51-34-,56-50?,57-35?. The number of nitrogens with zero attached hydrogens (tertiary/aromatic N) is 1. The second-order valence-corrected chi connectivity index (χ2v) is 15.5. The molecule has 1 aliphatic rings. The minimum Gasteiger partial charge on any atom is -0.300 e. The highest BCUT2D eigenvalue weighted by Crippen LogP contribution is 2.50. The van der Waals surface area contributed by atoms with Gasteiger partial charge < -0.3 is 5.41 Å². The third-order valence-electron chi connectivity index (χ3n) is 11.8. The smallest absolute Gasteiger partial charge is 0.0736 e. The maximum absolute atomic E-state index is 9.70. The average Bonchev–Trinajstić information content (AvgIpc) is 3.50. The van der Waals surface area contributed by atoms with Gasteiger partial charge in [0.25, 0.3) is 0 Å². The zero-order chi connectivity index (χ0) is 38.5. The second-order valence-electron chi connectivity index (χ2n) is 15.5. The minimum absolute atomic E-state index is 0.0897. The van der Waals surface area contributed by atoms with Crippen LogP contribution in [-0.4, -0.2) is 11.9 Å². The van der Waals surface area contributed by atoms with Gasteiger partial charge in [0, 0.05) is 22.8 Å². The van der Waals surface area contributed by atoms with Gasteiger partial charge in [0.1, 0.15) is 0 Å². The highest BCUT2D eigenvalue weighted by Gasteiger charge is 2.35. The van der Waals surface area contributed by atoms with E-state index in [2.05, 4.69) is 178 Å². The quantitative estimate of drug-likeness (QED) is 0.0964. The van der Waals surface area contributed by atoms with E-state index in [0.717, 1.165) is 49.7 Å². The summed E-state index contributed by atoms with van der Waals surface area (Å²) in [5.41, 5.74) is 13.8. The van der Waals surface area contributed by atoms with Crippen LogP contribution in [0.3, 0.4) is 0 Å². The Hall–Kier alpha value is -7.16. The summed E-state index contributed by atoms with van der Waals surface area (Å²) in [6, 6.07) is 66.7. The predicted octanol–water partition coefficient (Wildman–Crippen LogP) is 14.3. The molecule has 0 atom stereocenters. The maximum Gasteiger partial charge on any atom is 0.0736 e. The van der Waals surface area contributed by atoms with Crippen molar-refractivity contribution in [1.82, 2.24) is 0 Å². The molecule has 0 saturated carbocycles. The molecule has 0 saturated heterocycles. The molecule has 0 unspecified atom stereocenters. The van der Waals surface area contributed by atoms with Crippen molar-refractivity contribution in [3.05, 3.63) is 222 Å². The van der Waals surface area contributed by atoms with Crippen LogP contribution in [-0.2, 0) is 5.41 Å². The number of aliphatic imine (C=N–C) groups is 1. The number of allylic oxidation sites excluding steroid dienone is 1. The lowest BCUT2D eigenvalue weighted by Gasteiger charge is -2.22. The Morgan fingerprint density at radius 2 is 1.16 bits per heavy atom. The molecule has 1 N–H and O–H groups in total. The van der Waals surface area contributed by atoms with E-state index in [1.54, 1.807) is 0 Å².